The summed E-state index contributed by atoms with van der Waals surface area (Å²) < 4.78 is 29.5. The largest absolute Gasteiger partial charge is 0.495 e. The number of epoxide rings is 1. The Labute approximate surface area is 461 Å². The molecule has 5 rings (SSSR count). The molecule has 2 saturated heterocycles. The van der Waals surface area contributed by atoms with Crippen LogP contribution < -0.4 is 15.0 Å². The van der Waals surface area contributed by atoms with Gasteiger partial charge >= 0.3 is 12.1 Å². The highest BCUT2D eigenvalue weighted by molar-refractivity contribution is 8.77. The van der Waals surface area contributed by atoms with Gasteiger partial charge in [-0.05, 0) is 83.9 Å². The number of nitrogens with zero attached hydrogens (tertiary/aromatic N) is 2. The number of hydrogen-bond acceptors (Lipinski definition) is 13. The second-order valence-electron chi connectivity index (χ2n) is 22.8. The van der Waals surface area contributed by atoms with Crippen molar-refractivity contribution in [1.82, 2.24) is 10.2 Å². The number of amides is 3. The normalized spacial score (nSPS) is 30.5. The molecule has 4 bridgehead atoms. The van der Waals surface area contributed by atoms with E-state index in [1.54, 1.807) is 67.7 Å². The minimum absolute atomic E-state index is 0.0599. The van der Waals surface area contributed by atoms with Crippen molar-refractivity contribution in [1.29, 1.82) is 0 Å². The van der Waals surface area contributed by atoms with Crippen LogP contribution in [-0.2, 0) is 44.5 Å². The lowest BCUT2D eigenvalue weighted by Gasteiger charge is -2.42. The van der Waals surface area contributed by atoms with Gasteiger partial charge in [0.25, 0.3) is 0 Å². The molecule has 0 aromatic heterocycles. The summed E-state index contributed by atoms with van der Waals surface area (Å²) in [5.74, 6) is 0.304. The SMILES string of the molecule is COc1cc2cc(c1Cl)N(C)C(=O)C[C@@H](OC(=O)[C@@H](C)N(C)C(=O)CCSSC(C)(C)CCC(=O)C1CCCCCCCC(C)CCCCCCC1)[C@@]1(C)O[C@@H]1[C@@H](C)[C@H]1C[C@](O)(NC(=O)O1)[C@@H](OC)/C=C/C=C(\C)C2. The maximum Gasteiger partial charge on any atom is 0.409 e. The second-order valence-corrected chi connectivity index (χ2v) is 26.3. The van der Waals surface area contributed by atoms with Crippen LogP contribution in [0.25, 0.3) is 0 Å². The number of anilines is 1. The zero-order valence-corrected chi connectivity index (χ0v) is 49.4. The molecule has 1 aromatic rings. The topological polar surface area (TPSA) is 174 Å². The van der Waals surface area contributed by atoms with Crippen LogP contribution in [0.1, 0.15) is 176 Å². The molecule has 75 heavy (non-hydrogen) atoms. The van der Waals surface area contributed by atoms with E-state index in [0.29, 0.717) is 35.8 Å². The van der Waals surface area contributed by atoms with Crippen LogP contribution in [0.3, 0.4) is 0 Å². The second kappa shape index (κ2) is 29.1. The van der Waals surface area contributed by atoms with Gasteiger partial charge < -0.3 is 38.6 Å². The van der Waals surface area contributed by atoms with Crippen LogP contribution in [0.15, 0.2) is 35.9 Å². The van der Waals surface area contributed by atoms with Crippen molar-refractivity contribution in [2.75, 3.05) is 39.0 Å². The maximum atomic E-state index is 14.4. The summed E-state index contributed by atoms with van der Waals surface area (Å²) >= 11 is 6.85. The van der Waals surface area contributed by atoms with Crippen molar-refractivity contribution in [3.63, 3.8) is 0 Å². The molecule has 1 saturated carbocycles. The monoisotopic (exact) mass is 1100 g/mol. The van der Waals surface area contributed by atoms with Crippen LogP contribution in [0, 0.1) is 17.8 Å². The first-order valence-electron chi connectivity index (χ1n) is 27.7. The van der Waals surface area contributed by atoms with Gasteiger partial charge in [0.1, 0.15) is 46.5 Å². The number of likely N-dealkylation sites (N-methyl/N-ethyl adjacent to an activating group) is 1. The highest BCUT2D eigenvalue weighted by Gasteiger charge is 2.64. The summed E-state index contributed by atoms with van der Waals surface area (Å²) in [5, 5.41) is 14.7. The third-order valence-corrected chi connectivity index (χ3v) is 19.9. The van der Waals surface area contributed by atoms with E-state index in [1.807, 2.05) is 26.0 Å². The number of carbonyl (C=O) groups is 5. The van der Waals surface area contributed by atoms with E-state index in [0.717, 1.165) is 49.2 Å². The van der Waals surface area contributed by atoms with Gasteiger partial charge in [0, 0.05) is 62.8 Å². The number of nitrogens with one attached hydrogen (secondary N) is 1. The molecule has 3 amide bonds. The number of fused-ring (bicyclic) bond motifs is 5. The molecular formula is C58H90ClN3O11S2. The molecule has 3 fully saturated rings. The lowest BCUT2D eigenvalue weighted by atomic mass is 9.83. The highest BCUT2D eigenvalue weighted by atomic mass is 35.5. The van der Waals surface area contributed by atoms with Crippen LogP contribution >= 0.6 is 33.2 Å². The Morgan fingerprint density at radius 1 is 0.987 bits per heavy atom. The number of hydrogen-bond donors (Lipinski definition) is 2. The van der Waals surface area contributed by atoms with E-state index in [4.69, 9.17) is 35.3 Å². The van der Waals surface area contributed by atoms with Crippen molar-refractivity contribution in [3.8, 4) is 5.75 Å². The zero-order chi connectivity index (χ0) is 55.1. The lowest BCUT2D eigenvalue weighted by Crippen LogP contribution is -2.63. The number of alkyl carbamates (subject to hydrolysis) is 1. The van der Waals surface area contributed by atoms with E-state index in [1.165, 1.54) is 88.2 Å². The molecule has 0 unspecified atom stereocenters. The summed E-state index contributed by atoms with van der Waals surface area (Å²) in [5.41, 5.74) is -0.968. The number of esters is 1. The van der Waals surface area contributed by atoms with Gasteiger partial charge in [0.15, 0.2) is 5.72 Å². The highest BCUT2D eigenvalue weighted by Crippen LogP contribution is 2.49. The smallest absolute Gasteiger partial charge is 0.409 e. The predicted molar refractivity (Wildman–Crippen MR) is 301 cm³/mol. The van der Waals surface area contributed by atoms with Gasteiger partial charge in [-0.2, -0.15) is 0 Å². The number of carbonyl (C=O) groups excluding carboxylic acids is 5. The van der Waals surface area contributed by atoms with Crippen molar-refractivity contribution in [2.45, 2.75) is 223 Å². The van der Waals surface area contributed by atoms with E-state index in [9.17, 15) is 29.1 Å². The number of benzene rings is 1. The van der Waals surface area contributed by atoms with Crippen LogP contribution in [0.5, 0.6) is 5.75 Å². The van der Waals surface area contributed by atoms with Crippen LogP contribution in [-0.4, -0.2) is 120 Å². The Morgan fingerprint density at radius 2 is 1.61 bits per heavy atom. The Bertz CT molecular complexity index is 2140. The average Bonchev–Trinajstić information content (AvgIpc) is 4.06. The molecule has 0 radical (unpaired) electrons. The summed E-state index contributed by atoms with van der Waals surface area (Å²) in [6, 6.07) is 2.59. The molecule has 3 aliphatic heterocycles. The Hall–Kier alpha value is -3.28. The average molecular weight is 1100 g/mol. The molecule has 17 heteroatoms. The van der Waals surface area contributed by atoms with Gasteiger partial charge in [-0.15, -0.1) is 0 Å². The number of aliphatic hydroxyl groups is 1. The molecule has 14 nitrogen and oxygen atoms in total. The maximum absolute atomic E-state index is 14.4. The minimum atomic E-state index is -1.84. The van der Waals surface area contributed by atoms with E-state index in [-0.39, 0.29) is 40.9 Å². The molecule has 1 aromatic carbocycles. The quantitative estimate of drug-likeness (QED) is 0.0780. The lowest BCUT2D eigenvalue weighted by molar-refractivity contribution is -0.162. The van der Waals surface area contributed by atoms with Crippen molar-refractivity contribution in [3.05, 3.63) is 46.5 Å². The third kappa shape index (κ3) is 18.1. The third-order valence-electron chi connectivity index (χ3n) is 16.1. The number of halogens is 1. The van der Waals surface area contributed by atoms with Crippen molar-refractivity contribution >= 4 is 68.5 Å². The summed E-state index contributed by atoms with van der Waals surface area (Å²) in [6.07, 6.45) is 19.5. The van der Waals surface area contributed by atoms with Crippen molar-refractivity contribution < 1.29 is 52.8 Å². The fourth-order valence-electron chi connectivity index (χ4n) is 10.8. The Balaban J connectivity index is 1.22. The fraction of sp³-hybridized carbons (Fsp3) is 0.741. The van der Waals surface area contributed by atoms with Crippen LogP contribution in [0.4, 0.5) is 10.5 Å². The summed E-state index contributed by atoms with van der Waals surface area (Å²) in [7, 11) is 9.38. The van der Waals surface area contributed by atoms with Crippen LogP contribution in [0.2, 0.25) is 5.02 Å². The minimum Gasteiger partial charge on any atom is -0.495 e. The number of ether oxygens (including phenoxy) is 5. The molecule has 0 spiro atoms. The number of ketones is 1. The molecule has 422 valence electrons. The van der Waals surface area contributed by atoms with E-state index >= 15 is 0 Å². The number of allylic oxidation sites excluding steroid dienone is 3. The molecule has 8 atom stereocenters. The van der Waals surface area contributed by atoms with Gasteiger partial charge in [-0.3, -0.25) is 19.7 Å². The number of methoxy groups -OCH3 is 2. The van der Waals surface area contributed by atoms with Crippen molar-refractivity contribution in [2.24, 2.45) is 17.8 Å². The van der Waals surface area contributed by atoms with Gasteiger partial charge in [-0.25, -0.2) is 9.59 Å². The van der Waals surface area contributed by atoms with Gasteiger partial charge in [0.2, 0.25) is 11.8 Å². The first-order chi connectivity index (χ1) is 35.5. The molecule has 3 heterocycles. The number of rotatable bonds is 14. The Kier molecular flexibility index (Phi) is 24.3. The molecular weight excluding hydrogens is 1010 g/mol. The summed E-state index contributed by atoms with van der Waals surface area (Å²) in [4.78, 5) is 71.8. The number of Topliss-reactive ketones (excluding diaryl/α,β-unsaturated/α-hetero) is 1. The molecule has 2 N–H and O–H groups in total. The van der Waals surface area contributed by atoms with E-state index < -0.39 is 65.7 Å². The summed E-state index contributed by atoms with van der Waals surface area (Å²) in [6.45, 7) is 13.8. The first kappa shape index (κ1) is 62.6. The zero-order valence-electron chi connectivity index (χ0n) is 47.0. The fourth-order valence-corrected chi connectivity index (χ4v) is 13.7. The first-order valence-corrected chi connectivity index (χ1v) is 30.4. The predicted octanol–water partition coefficient (Wildman–Crippen LogP) is 12.1. The standard InChI is InChI=1S/C58H90ClN3O11S2/c1-38-23-18-14-12-16-20-26-43(27-21-17-13-15-19-24-38)45(63)29-31-56(5,6)75-74-32-30-50(64)61(8)41(4)54(66)72-49-36-51(65)62(9)44-34-42(35-46(69-10)52(44)59)33-39(2)25-22-28-48(70-11)58(68)37-47(71-55(67)60-58)40(3)53-57(49,7)73-53/h22,25,28,34-35,38,40-41,43,47-49,53,68H,12-21,23-24,26-27,29-33,36-37H2,1-11H3,(H,60,67)/b28-22+,39-25+/t38?,40-,41+,43?,47+,48-,49+,53+,57+,58+/m0/s1. The molecule has 1 aliphatic carbocycles. The van der Waals surface area contributed by atoms with E-state index in [2.05, 4.69) is 26.1 Å². The van der Waals surface area contributed by atoms with Gasteiger partial charge in [0.05, 0.1) is 25.3 Å². The molecule has 4 aliphatic rings. The Morgan fingerprint density at radius 3 is 2.24 bits per heavy atom. The van der Waals surface area contributed by atoms with Gasteiger partial charge in [-0.1, -0.05) is 148 Å².